The van der Waals surface area contributed by atoms with E-state index >= 15 is 0 Å². The third-order valence-electron chi connectivity index (χ3n) is 10.3. The fourth-order valence-corrected chi connectivity index (χ4v) is 9.54. The lowest BCUT2D eigenvalue weighted by atomic mass is 10.2. The molecule has 24 nitrogen and oxygen atoms in total. The fourth-order valence-electron chi connectivity index (χ4n) is 6.87. The maximum absolute atomic E-state index is 11.8. The Balaban J connectivity index is 1.28. The molecule has 7 rings (SSSR count). The van der Waals surface area contributed by atoms with Crippen LogP contribution in [0.25, 0.3) is 22.8 Å². The first-order valence-electron chi connectivity index (χ1n) is 21.7. The first-order chi connectivity index (χ1) is 34.6. The molecule has 0 bridgehead atoms. The van der Waals surface area contributed by atoms with Crippen LogP contribution in [0, 0.1) is 0 Å². The Morgan fingerprint density at radius 1 is 0.611 bits per heavy atom. The minimum absolute atomic E-state index is 0.0806. The number of nitrogens with one attached hydrogen (secondary N) is 2. The zero-order valence-electron chi connectivity index (χ0n) is 39.3. The largest absolute Gasteiger partial charge is 0.494 e. The van der Waals surface area contributed by atoms with Gasteiger partial charge in [-0.25, -0.2) is 0 Å². The van der Waals surface area contributed by atoms with Gasteiger partial charge < -0.3 is 35.0 Å². The van der Waals surface area contributed by atoms with Crippen LogP contribution in [0.15, 0.2) is 108 Å². The van der Waals surface area contributed by atoms with Crippen molar-refractivity contribution in [1.29, 1.82) is 0 Å². The molecule has 3 heterocycles. The van der Waals surface area contributed by atoms with Crippen LogP contribution in [-0.4, -0.2) is 117 Å². The van der Waals surface area contributed by atoms with Gasteiger partial charge in [0.05, 0.1) is 53.4 Å². The molecular weight excluding hydrogens is 1030 g/mol. The minimum Gasteiger partial charge on any atom is -0.494 e. The van der Waals surface area contributed by atoms with Gasteiger partial charge in [0, 0.05) is 78.3 Å². The molecule has 0 atom stereocenters. The van der Waals surface area contributed by atoms with E-state index in [4.69, 9.17) is 14.5 Å². The number of anilines is 6. The van der Waals surface area contributed by atoms with Crippen molar-refractivity contribution in [3.63, 3.8) is 0 Å². The van der Waals surface area contributed by atoms with Crippen LogP contribution < -0.4 is 29.9 Å². The van der Waals surface area contributed by atoms with Gasteiger partial charge in [-0.3, -0.25) is 9.11 Å². The molecule has 378 valence electrons. The summed E-state index contributed by atoms with van der Waals surface area (Å²) in [7, 11) is -5.85. The summed E-state index contributed by atoms with van der Waals surface area (Å²) in [5.74, 6) is 1.77. The normalized spacial score (nSPS) is 11.9. The molecule has 0 amide bonds. The van der Waals surface area contributed by atoms with Gasteiger partial charge in [0.25, 0.3) is 20.2 Å². The zero-order valence-corrected chi connectivity index (χ0v) is 43.4. The highest BCUT2D eigenvalue weighted by molar-refractivity contribution is 7.99. The average Bonchev–Trinajstić information content (AvgIpc) is 4.06. The summed E-state index contributed by atoms with van der Waals surface area (Å²) in [4.78, 5) is 26.5. The van der Waals surface area contributed by atoms with Crippen LogP contribution >= 0.6 is 34.8 Å². The van der Waals surface area contributed by atoms with E-state index in [1.807, 2.05) is 39.8 Å². The molecular formula is C43H47N15O9S5. The number of nitrogens with zero attached hydrogens (tertiary/aromatic N) is 13. The van der Waals surface area contributed by atoms with Gasteiger partial charge in [0.1, 0.15) is 22.9 Å². The first-order valence-corrected chi connectivity index (χ1v) is 27.1. The summed E-state index contributed by atoms with van der Waals surface area (Å²) < 4.78 is 86.6. The van der Waals surface area contributed by atoms with Gasteiger partial charge in [-0.1, -0.05) is 36.0 Å². The second-order valence-corrected chi connectivity index (χ2v) is 20.1. The number of aromatic nitrogens is 7. The van der Waals surface area contributed by atoms with Crippen LogP contribution in [0.3, 0.4) is 0 Å². The van der Waals surface area contributed by atoms with Crippen LogP contribution in [0.4, 0.5) is 56.3 Å². The molecule has 0 aliphatic heterocycles. The monoisotopic (exact) mass is 1080 g/mol. The van der Waals surface area contributed by atoms with Crippen molar-refractivity contribution in [2.75, 3.05) is 73.2 Å². The Hall–Kier alpha value is -6.86. The van der Waals surface area contributed by atoms with Crippen LogP contribution in [0.5, 0.6) is 11.5 Å². The second-order valence-electron chi connectivity index (χ2n) is 14.7. The van der Waals surface area contributed by atoms with Gasteiger partial charge in [0.15, 0.2) is 16.8 Å². The van der Waals surface area contributed by atoms with Crippen molar-refractivity contribution in [3.8, 4) is 34.3 Å². The van der Waals surface area contributed by atoms with E-state index in [0.29, 0.717) is 71.6 Å². The standard InChI is InChI=1S/C43H47N15O9S5/c1-7-57(8-2)33-21-29(31(23-35(33)66-5)51-53-42-46-37(55-69-42)25-13-11-15-27(19-25)71(60,61)62)44-39-48-40(50-41(49-39)68-18-17-59)45-30-22-34(58(9-3)10-4)36(67-6)24-32(30)52-54-43-47-38(56-70-43)26-14-12-16-28(20-26)72(63,64)65/h11-16,19-24,59H,7-10,17-18H2,1-6H3,(H,60,61,62)(H,63,64,65)(H2,44,45,48,49,50). The summed E-state index contributed by atoms with van der Waals surface area (Å²) in [6.45, 7) is 10.4. The van der Waals surface area contributed by atoms with E-state index < -0.39 is 20.2 Å². The molecule has 0 aliphatic rings. The highest BCUT2D eigenvalue weighted by Gasteiger charge is 2.21. The summed E-state index contributed by atoms with van der Waals surface area (Å²) >= 11 is 3.03. The number of aliphatic hydroxyl groups excluding tert-OH is 1. The Kier molecular flexibility index (Phi) is 17.3. The zero-order chi connectivity index (χ0) is 51.6. The van der Waals surface area contributed by atoms with Crippen molar-refractivity contribution in [3.05, 3.63) is 72.8 Å². The number of rotatable bonds is 23. The van der Waals surface area contributed by atoms with Gasteiger partial charge in [-0.15, -0.1) is 20.5 Å². The molecule has 7 aromatic rings. The highest BCUT2D eigenvalue weighted by Crippen LogP contribution is 2.43. The number of thioether (sulfide) groups is 1. The third-order valence-corrected chi connectivity index (χ3v) is 14.1. The number of ether oxygens (including phenoxy) is 2. The molecule has 0 radical (unpaired) electrons. The third kappa shape index (κ3) is 13.0. The van der Waals surface area contributed by atoms with Crippen molar-refractivity contribution < 1.29 is 40.5 Å². The van der Waals surface area contributed by atoms with E-state index in [0.717, 1.165) is 34.4 Å². The lowest BCUT2D eigenvalue weighted by Crippen LogP contribution is -2.22. The maximum Gasteiger partial charge on any atom is 0.294 e. The van der Waals surface area contributed by atoms with E-state index in [-0.39, 0.29) is 61.1 Å². The predicted molar refractivity (Wildman–Crippen MR) is 276 cm³/mol. The Morgan fingerprint density at radius 2 is 1.04 bits per heavy atom. The first kappa shape index (κ1) is 53.0. The lowest BCUT2D eigenvalue weighted by molar-refractivity contribution is 0.322. The SMILES string of the molecule is CCN(CC)c1cc(Nc2nc(Nc3cc(N(CC)CC)c(OC)cc3N=Nc3nc(-c4cccc(S(=O)(=O)O)c4)ns3)nc(SCCO)n2)c(N=Nc2nc(-c3cccc(S(=O)(=O)O)c3)ns2)cc1OC. The minimum atomic E-state index is -4.47. The van der Waals surface area contributed by atoms with Crippen LogP contribution in [0.1, 0.15) is 27.7 Å². The topological polar surface area (TPSA) is 318 Å². The predicted octanol–water partition coefficient (Wildman–Crippen LogP) is 9.51. The van der Waals surface area contributed by atoms with Gasteiger partial charge in [-0.2, -0.15) is 50.5 Å². The maximum atomic E-state index is 11.8. The molecule has 0 aliphatic carbocycles. The number of azo groups is 2. The smallest absolute Gasteiger partial charge is 0.294 e. The molecule has 72 heavy (non-hydrogen) atoms. The lowest BCUT2D eigenvalue weighted by Gasteiger charge is -2.25. The van der Waals surface area contributed by atoms with Crippen molar-refractivity contribution >= 4 is 111 Å². The van der Waals surface area contributed by atoms with Crippen LogP contribution in [-0.2, 0) is 20.2 Å². The van der Waals surface area contributed by atoms with E-state index in [2.05, 4.69) is 69.6 Å². The van der Waals surface area contributed by atoms with Crippen molar-refractivity contribution in [1.82, 2.24) is 33.7 Å². The number of aliphatic hydroxyl groups is 1. The summed E-state index contributed by atoms with van der Waals surface area (Å²) in [5.41, 5.74) is 3.55. The molecule has 0 saturated heterocycles. The number of methoxy groups -OCH3 is 2. The van der Waals surface area contributed by atoms with Gasteiger partial charge in [0.2, 0.25) is 22.2 Å². The molecule has 0 fully saturated rings. The van der Waals surface area contributed by atoms with Crippen LogP contribution in [0.2, 0.25) is 0 Å². The molecule has 5 N–H and O–H groups in total. The number of hydrogen-bond acceptors (Lipinski definition) is 25. The Morgan fingerprint density at radius 3 is 1.42 bits per heavy atom. The molecule has 4 aromatic carbocycles. The Labute approximate surface area is 426 Å². The summed E-state index contributed by atoms with van der Waals surface area (Å²) in [6, 6.07) is 18.2. The van der Waals surface area contributed by atoms with Gasteiger partial charge >= 0.3 is 0 Å². The quantitative estimate of drug-likeness (QED) is 0.0226. The summed E-state index contributed by atoms with van der Waals surface area (Å²) in [5, 5.41) is 34.7. The molecule has 0 unspecified atom stereocenters. The van der Waals surface area contributed by atoms with E-state index in [9.17, 15) is 31.0 Å². The average molecular weight is 1080 g/mol. The molecule has 3 aromatic heterocycles. The van der Waals surface area contributed by atoms with E-state index in [1.54, 1.807) is 38.5 Å². The number of benzene rings is 4. The van der Waals surface area contributed by atoms with E-state index in [1.165, 1.54) is 48.2 Å². The summed E-state index contributed by atoms with van der Waals surface area (Å²) in [6.07, 6.45) is 0. The Bertz CT molecular complexity index is 3120. The molecule has 0 spiro atoms. The second kappa shape index (κ2) is 23.6. The van der Waals surface area contributed by atoms with Gasteiger partial charge in [-0.05, 0) is 64.1 Å². The highest BCUT2D eigenvalue weighted by atomic mass is 32.2. The number of hydrogen-bond donors (Lipinski definition) is 5. The fraction of sp³-hybridized carbons (Fsp3) is 0.279. The van der Waals surface area contributed by atoms with Crippen molar-refractivity contribution in [2.45, 2.75) is 42.6 Å². The molecule has 29 heteroatoms. The van der Waals surface area contributed by atoms with Crippen molar-refractivity contribution in [2.24, 2.45) is 20.5 Å². The molecule has 0 saturated carbocycles.